The second-order valence-electron chi connectivity index (χ2n) is 6.70. The highest BCUT2D eigenvalue weighted by Gasteiger charge is 2.16. The minimum Gasteiger partial charge on any atom is -0.356 e. The Hall–Kier alpha value is -4.01. The number of imidazole rings is 1. The molecule has 9 nitrogen and oxygen atoms in total. The molecule has 3 aromatic heterocycles. The lowest BCUT2D eigenvalue weighted by molar-refractivity contribution is -0.120. The Morgan fingerprint density at radius 1 is 1.20 bits per heavy atom. The van der Waals surface area contributed by atoms with Gasteiger partial charge in [0.15, 0.2) is 0 Å². The van der Waals surface area contributed by atoms with Gasteiger partial charge in [-0.15, -0.1) is 0 Å². The van der Waals surface area contributed by atoms with E-state index in [1.807, 2.05) is 44.2 Å². The van der Waals surface area contributed by atoms with E-state index in [0.29, 0.717) is 35.0 Å². The first-order chi connectivity index (χ1) is 14.5. The molecule has 30 heavy (non-hydrogen) atoms. The molecule has 0 aliphatic carbocycles. The van der Waals surface area contributed by atoms with E-state index in [0.717, 1.165) is 5.56 Å². The van der Waals surface area contributed by atoms with Crippen LogP contribution in [0.1, 0.15) is 28.9 Å². The van der Waals surface area contributed by atoms with Gasteiger partial charge < -0.3 is 15.2 Å². The molecule has 0 saturated heterocycles. The van der Waals surface area contributed by atoms with E-state index >= 15 is 0 Å². The molecule has 9 heteroatoms. The van der Waals surface area contributed by atoms with Gasteiger partial charge in [0.1, 0.15) is 17.8 Å². The Bertz CT molecular complexity index is 1230. The minimum absolute atomic E-state index is 0.0184. The third-order valence-corrected chi connectivity index (χ3v) is 4.55. The molecule has 0 spiro atoms. The summed E-state index contributed by atoms with van der Waals surface area (Å²) in [5.74, 6) is 0.115. The van der Waals surface area contributed by atoms with Crippen molar-refractivity contribution < 1.29 is 14.1 Å². The van der Waals surface area contributed by atoms with Crippen LogP contribution in [0.5, 0.6) is 0 Å². The number of fused-ring (bicyclic) bond motifs is 1. The number of rotatable bonds is 6. The van der Waals surface area contributed by atoms with Crippen LogP contribution >= 0.6 is 0 Å². The average molecular weight is 404 g/mol. The molecule has 0 radical (unpaired) electrons. The highest BCUT2D eigenvalue weighted by Crippen LogP contribution is 2.24. The average Bonchev–Trinajstić information content (AvgIpc) is 3.37. The van der Waals surface area contributed by atoms with Crippen molar-refractivity contribution in [2.45, 2.75) is 20.3 Å². The van der Waals surface area contributed by atoms with Gasteiger partial charge in [-0.3, -0.25) is 14.0 Å². The Morgan fingerprint density at radius 2 is 2.07 bits per heavy atom. The topological polar surface area (TPSA) is 114 Å². The Balaban J connectivity index is 1.56. The SMILES string of the molecule is CCNC(=O)Cc1nc(-c2ccc(C)c(NC(=O)c3cnc4ccccn34)c2)no1. The van der Waals surface area contributed by atoms with Gasteiger partial charge in [-0.05, 0) is 37.6 Å². The second kappa shape index (κ2) is 8.16. The number of carbonyl (C=O) groups is 2. The van der Waals surface area contributed by atoms with Gasteiger partial charge in [0.2, 0.25) is 17.6 Å². The molecule has 4 rings (SSSR count). The van der Waals surface area contributed by atoms with E-state index in [1.54, 1.807) is 16.7 Å². The van der Waals surface area contributed by atoms with Crippen molar-refractivity contribution in [2.75, 3.05) is 11.9 Å². The van der Waals surface area contributed by atoms with Crippen molar-refractivity contribution in [3.8, 4) is 11.4 Å². The lowest BCUT2D eigenvalue weighted by atomic mass is 10.1. The highest BCUT2D eigenvalue weighted by atomic mass is 16.5. The molecular weight excluding hydrogens is 384 g/mol. The normalized spacial score (nSPS) is 10.9. The molecule has 152 valence electrons. The summed E-state index contributed by atoms with van der Waals surface area (Å²) in [6.45, 7) is 4.27. The van der Waals surface area contributed by atoms with Crippen molar-refractivity contribution in [3.63, 3.8) is 0 Å². The maximum absolute atomic E-state index is 12.8. The van der Waals surface area contributed by atoms with Crippen LogP contribution in [-0.4, -0.2) is 37.9 Å². The standard InChI is InChI=1S/C21H20N6O3/c1-3-22-18(28)11-19-25-20(26-30-19)14-8-7-13(2)15(10-14)24-21(29)16-12-23-17-6-4-5-9-27(16)17/h4-10,12H,3,11H2,1-2H3,(H,22,28)(H,24,29). The lowest BCUT2D eigenvalue weighted by Gasteiger charge is -2.09. The monoisotopic (exact) mass is 404 g/mol. The number of amides is 2. The van der Waals surface area contributed by atoms with Gasteiger partial charge >= 0.3 is 0 Å². The van der Waals surface area contributed by atoms with Crippen LogP contribution in [-0.2, 0) is 11.2 Å². The van der Waals surface area contributed by atoms with Crippen LogP contribution in [0.4, 0.5) is 5.69 Å². The summed E-state index contributed by atoms with van der Waals surface area (Å²) in [5, 5.41) is 9.55. The van der Waals surface area contributed by atoms with Crippen LogP contribution in [0.15, 0.2) is 53.3 Å². The molecule has 0 atom stereocenters. The van der Waals surface area contributed by atoms with Gasteiger partial charge in [-0.2, -0.15) is 4.98 Å². The van der Waals surface area contributed by atoms with E-state index in [9.17, 15) is 9.59 Å². The molecule has 2 N–H and O–H groups in total. The third kappa shape index (κ3) is 3.90. The number of benzene rings is 1. The van der Waals surface area contributed by atoms with Crippen molar-refractivity contribution in [1.82, 2.24) is 24.8 Å². The van der Waals surface area contributed by atoms with Crippen molar-refractivity contribution in [1.29, 1.82) is 0 Å². The number of anilines is 1. The molecule has 2 amide bonds. The minimum atomic E-state index is -0.279. The fourth-order valence-corrected chi connectivity index (χ4v) is 3.02. The van der Waals surface area contributed by atoms with Gasteiger partial charge in [0.05, 0.1) is 6.20 Å². The number of hydrogen-bond acceptors (Lipinski definition) is 6. The summed E-state index contributed by atoms with van der Waals surface area (Å²) in [5.41, 5.74) is 3.30. The number of nitrogens with one attached hydrogen (secondary N) is 2. The first kappa shape index (κ1) is 19.3. The molecule has 0 aliphatic rings. The number of aryl methyl sites for hydroxylation is 1. The van der Waals surface area contributed by atoms with E-state index in [1.165, 1.54) is 6.20 Å². The number of aromatic nitrogens is 4. The molecule has 0 aliphatic heterocycles. The molecular formula is C21H20N6O3. The van der Waals surface area contributed by atoms with Gasteiger partial charge in [-0.25, -0.2) is 4.98 Å². The van der Waals surface area contributed by atoms with Crippen molar-refractivity contribution in [3.05, 3.63) is 65.9 Å². The molecule has 1 aromatic carbocycles. The summed E-state index contributed by atoms with van der Waals surface area (Å²) in [6, 6.07) is 11.0. The number of likely N-dealkylation sites (N-methyl/N-ethyl adjacent to an activating group) is 1. The summed E-state index contributed by atoms with van der Waals surface area (Å²) in [7, 11) is 0. The summed E-state index contributed by atoms with van der Waals surface area (Å²) in [6.07, 6.45) is 3.34. The van der Waals surface area contributed by atoms with Gasteiger partial charge in [0, 0.05) is 24.0 Å². The Kier molecular flexibility index (Phi) is 5.25. The summed E-state index contributed by atoms with van der Waals surface area (Å²) in [4.78, 5) is 33.0. The Labute approximate surface area is 172 Å². The van der Waals surface area contributed by atoms with E-state index < -0.39 is 0 Å². The van der Waals surface area contributed by atoms with Crippen LogP contribution < -0.4 is 10.6 Å². The van der Waals surface area contributed by atoms with Crippen molar-refractivity contribution in [2.24, 2.45) is 0 Å². The predicted molar refractivity (Wildman–Crippen MR) is 110 cm³/mol. The first-order valence-corrected chi connectivity index (χ1v) is 9.49. The number of pyridine rings is 1. The molecule has 0 saturated carbocycles. The quantitative estimate of drug-likeness (QED) is 0.511. The van der Waals surface area contributed by atoms with E-state index in [4.69, 9.17) is 4.52 Å². The molecule has 4 aromatic rings. The zero-order valence-electron chi connectivity index (χ0n) is 16.5. The predicted octanol–water partition coefficient (Wildman–Crippen LogP) is 2.62. The number of nitrogens with zero attached hydrogens (tertiary/aromatic N) is 4. The highest BCUT2D eigenvalue weighted by molar-refractivity contribution is 6.04. The van der Waals surface area contributed by atoms with Crippen LogP contribution in [0.25, 0.3) is 17.0 Å². The van der Waals surface area contributed by atoms with Crippen LogP contribution in [0, 0.1) is 6.92 Å². The number of carbonyl (C=O) groups excluding carboxylic acids is 2. The Morgan fingerprint density at radius 3 is 2.90 bits per heavy atom. The van der Waals surface area contributed by atoms with Crippen LogP contribution in [0.3, 0.4) is 0 Å². The van der Waals surface area contributed by atoms with Gasteiger partial charge in [0.25, 0.3) is 5.91 Å². The van der Waals surface area contributed by atoms with E-state index in [-0.39, 0.29) is 24.1 Å². The molecule has 3 heterocycles. The fraction of sp³-hybridized carbons (Fsp3) is 0.190. The third-order valence-electron chi connectivity index (χ3n) is 4.55. The van der Waals surface area contributed by atoms with E-state index in [2.05, 4.69) is 25.8 Å². The maximum Gasteiger partial charge on any atom is 0.274 e. The smallest absolute Gasteiger partial charge is 0.274 e. The summed E-state index contributed by atoms with van der Waals surface area (Å²) < 4.78 is 6.90. The lowest BCUT2D eigenvalue weighted by Crippen LogP contribution is -2.24. The largest absolute Gasteiger partial charge is 0.356 e. The maximum atomic E-state index is 12.8. The van der Waals surface area contributed by atoms with Crippen molar-refractivity contribution >= 4 is 23.1 Å². The summed E-state index contributed by atoms with van der Waals surface area (Å²) >= 11 is 0. The van der Waals surface area contributed by atoms with Gasteiger partial charge in [-0.1, -0.05) is 23.4 Å². The zero-order valence-corrected chi connectivity index (χ0v) is 16.5. The van der Waals surface area contributed by atoms with Crippen LogP contribution in [0.2, 0.25) is 0 Å². The molecule has 0 fully saturated rings. The second-order valence-corrected chi connectivity index (χ2v) is 6.70. The first-order valence-electron chi connectivity index (χ1n) is 9.49. The molecule has 0 bridgehead atoms. The molecule has 0 unspecified atom stereocenters. The fourth-order valence-electron chi connectivity index (χ4n) is 3.02. The zero-order chi connectivity index (χ0) is 21.1. The number of hydrogen-bond donors (Lipinski definition) is 2.